The van der Waals surface area contributed by atoms with Crippen molar-refractivity contribution < 1.29 is 0 Å². The third-order valence-electron chi connectivity index (χ3n) is 5.30. The van der Waals surface area contributed by atoms with Crippen molar-refractivity contribution in [3.05, 3.63) is 70.9 Å². The van der Waals surface area contributed by atoms with Gasteiger partial charge in [0, 0.05) is 74.5 Å². The molecule has 27 heavy (non-hydrogen) atoms. The fraction of sp³-hybridized carbons (Fsp3) is 0.364. The molecule has 5 heteroatoms. The van der Waals surface area contributed by atoms with Crippen LogP contribution in [-0.4, -0.2) is 48.7 Å². The minimum Gasteiger partial charge on any atom is -0.343 e. The fourth-order valence-electron chi connectivity index (χ4n) is 3.80. The van der Waals surface area contributed by atoms with Crippen molar-refractivity contribution >= 4 is 22.5 Å². The molecule has 1 aliphatic heterocycles. The molecule has 1 aromatic heterocycles. The first-order valence-corrected chi connectivity index (χ1v) is 10.1. The summed E-state index contributed by atoms with van der Waals surface area (Å²) in [6.45, 7) is 8.33. The smallest absolute Gasteiger partial charge is 0.0491 e. The van der Waals surface area contributed by atoms with E-state index in [1.54, 1.807) is 0 Å². The Morgan fingerprint density at radius 2 is 1.74 bits per heavy atom. The van der Waals surface area contributed by atoms with E-state index in [0.29, 0.717) is 0 Å². The van der Waals surface area contributed by atoms with Crippen LogP contribution in [0.1, 0.15) is 11.1 Å². The van der Waals surface area contributed by atoms with Gasteiger partial charge in [0.05, 0.1) is 0 Å². The van der Waals surface area contributed by atoms with Crippen LogP contribution in [0.2, 0.25) is 5.02 Å². The number of para-hydroxylation sites is 1. The van der Waals surface area contributed by atoms with Gasteiger partial charge in [0.15, 0.2) is 0 Å². The predicted octanol–water partition coefficient (Wildman–Crippen LogP) is 3.34. The Bertz CT molecular complexity index is 883. The summed E-state index contributed by atoms with van der Waals surface area (Å²) >= 11 is 6.37. The molecule has 1 fully saturated rings. The van der Waals surface area contributed by atoms with Gasteiger partial charge in [0.25, 0.3) is 0 Å². The van der Waals surface area contributed by atoms with Gasteiger partial charge >= 0.3 is 0 Å². The summed E-state index contributed by atoms with van der Waals surface area (Å²) < 4.78 is 2.31. The molecular formula is C22H27ClN4. The van der Waals surface area contributed by atoms with Gasteiger partial charge in [0.2, 0.25) is 0 Å². The Morgan fingerprint density at radius 3 is 2.59 bits per heavy atom. The van der Waals surface area contributed by atoms with E-state index in [1.165, 1.54) is 16.5 Å². The number of aromatic nitrogens is 1. The summed E-state index contributed by atoms with van der Waals surface area (Å²) in [6, 6.07) is 16.7. The summed E-state index contributed by atoms with van der Waals surface area (Å²) in [7, 11) is 0. The third kappa shape index (κ3) is 4.53. The maximum Gasteiger partial charge on any atom is 0.0491 e. The Kier molecular flexibility index (Phi) is 6.10. The average Bonchev–Trinajstić information content (AvgIpc) is 3.06. The molecule has 4 rings (SSSR count). The van der Waals surface area contributed by atoms with Crippen LogP contribution in [-0.2, 0) is 13.1 Å². The lowest BCUT2D eigenvalue weighted by Crippen LogP contribution is -2.45. The van der Waals surface area contributed by atoms with Gasteiger partial charge in [-0.2, -0.15) is 0 Å². The van der Waals surface area contributed by atoms with Gasteiger partial charge in [-0.15, -0.1) is 0 Å². The number of nitrogens with zero attached hydrogens (tertiary/aromatic N) is 2. The Labute approximate surface area is 166 Å². The van der Waals surface area contributed by atoms with E-state index >= 15 is 0 Å². The second kappa shape index (κ2) is 8.89. The molecule has 0 saturated carbocycles. The van der Waals surface area contributed by atoms with E-state index in [1.807, 2.05) is 18.2 Å². The topological polar surface area (TPSA) is 32.2 Å². The van der Waals surface area contributed by atoms with Gasteiger partial charge in [-0.25, -0.2) is 0 Å². The standard InChI is InChI=1S/C22H27ClN4/c23-21-7-3-1-5-18(21)16-27-17-19(20-6-2-4-8-22(20)27)15-25-11-14-26-12-9-24-10-13-26/h1-8,17,24-25H,9-16H2. The minimum atomic E-state index is 0.793. The normalized spacial score (nSPS) is 15.4. The Morgan fingerprint density at radius 1 is 0.963 bits per heavy atom. The number of benzene rings is 2. The van der Waals surface area contributed by atoms with Crippen LogP contribution < -0.4 is 10.6 Å². The summed E-state index contributed by atoms with van der Waals surface area (Å²) in [5.41, 5.74) is 3.76. The lowest BCUT2D eigenvalue weighted by Gasteiger charge is -2.27. The number of nitrogens with one attached hydrogen (secondary N) is 2. The molecule has 0 unspecified atom stereocenters. The number of hydrogen-bond donors (Lipinski definition) is 2. The monoisotopic (exact) mass is 382 g/mol. The minimum absolute atomic E-state index is 0.793. The molecule has 2 aromatic carbocycles. The highest BCUT2D eigenvalue weighted by atomic mass is 35.5. The van der Waals surface area contributed by atoms with E-state index < -0.39 is 0 Å². The molecule has 1 saturated heterocycles. The van der Waals surface area contributed by atoms with E-state index in [9.17, 15) is 0 Å². The first-order chi connectivity index (χ1) is 13.3. The van der Waals surface area contributed by atoms with E-state index in [0.717, 1.165) is 62.9 Å². The van der Waals surface area contributed by atoms with Gasteiger partial charge in [-0.05, 0) is 23.3 Å². The second-order valence-corrected chi connectivity index (χ2v) is 7.57. The number of piperazine rings is 1. The van der Waals surface area contributed by atoms with Crippen molar-refractivity contribution in [3.8, 4) is 0 Å². The summed E-state index contributed by atoms with van der Waals surface area (Å²) in [5.74, 6) is 0. The van der Waals surface area contributed by atoms with Crippen molar-refractivity contribution in [2.75, 3.05) is 39.3 Å². The highest BCUT2D eigenvalue weighted by molar-refractivity contribution is 6.31. The molecule has 0 atom stereocenters. The van der Waals surface area contributed by atoms with Crippen molar-refractivity contribution in [1.29, 1.82) is 0 Å². The van der Waals surface area contributed by atoms with Crippen LogP contribution >= 0.6 is 11.6 Å². The van der Waals surface area contributed by atoms with Crippen molar-refractivity contribution in [2.24, 2.45) is 0 Å². The first kappa shape index (κ1) is 18.5. The summed E-state index contributed by atoms with van der Waals surface area (Å²) in [6.07, 6.45) is 2.27. The lowest BCUT2D eigenvalue weighted by atomic mass is 10.2. The summed E-state index contributed by atoms with van der Waals surface area (Å²) in [4.78, 5) is 2.52. The van der Waals surface area contributed by atoms with Gasteiger partial charge in [0.1, 0.15) is 0 Å². The molecule has 0 bridgehead atoms. The molecule has 2 N–H and O–H groups in total. The number of halogens is 1. The van der Waals surface area contributed by atoms with Crippen molar-refractivity contribution in [1.82, 2.24) is 20.1 Å². The number of rotatable bonds is 7. The molecule has 3 aromatic rings. The maximum atomic E-state index is 6.37. The van der Waals surface area contributed by atoms with Gasteiger partial charge < -0.3 is 15.2 Å². The number of hydrogen-bond acceptors (Lipinski definition) is 3. The van der Waals surface area contributed by atoms with Crippen molar-refractivity contribution in [2.45, 2.75) is 13.1 Å². The van der Waals surface area contributed by atoms with E-state index in [4.69, 9.17) is 11.6 Å². The van der Waals surface area contributed by atoms with Crippen LogP contribution in [0.5, 0.6) is 0 Å². The predicted molar refractivity (Wildman–Crippen MR) is 114 cm³/mol. The lowest BCUT2D eigenvalue weighted by molar-refractivity contribution is 0.241. The van der Waals surface area contributed by atoms with Crippen LogP contribution in [0.25, 0.3) is 10.9 Å². The van der Waals surface area contributed by atoms with Crippen LogP contribution in [0.3, 0.4) is 0 Å². The molecule has 0 spiro atoms. The molecule has 2 heterocycles. The number of fused-ring (bicyclic) bond motifs is 1. The molecule has 0 amide bonds. The highest BCUT2D eigenvalue weighted by Gasteiger charge is 2.11. The average molecular weight is 383 g/mol. The SMILES string of the molecule is Clc1ccccc1Cn1cc(CNCCN2CCNCC2)c2ccccc21. The molecule has 0 radical (unpaired) electrons. The zero-order valence-corrected chi connectivity index (χ0v) is 16.4. The Hall–Kier alpha value is -1.85. The van der Waals surface area contributed by atoms with Gasteiger partial charge in [-0.1, -0.05) is 48.0 Å². The summed E-state index contributed by atoms with van der Waals surface area (Å²) in [5, 5.41) is 9.18. The molecule has 1 aliphatic rings. The third-order valence-corrected chi connectivity index (χ3v) is 5.67. The van der Waals surface area contributed by atoms with Gasteiger partial charge in [-0.3, -0.25) is 4.90 Å². The van der Waals surface area contributed by atoms with Crippen molar-refractivity contribution in [3.63, 3.8) is 0 Å². The zero-order chi connectivity index (χ0) is 18.5. The maximum absolute atomic E-state index is 6.37. The fourth-order valence-corrected chi connectivity index (χ4v) is 4.00. The van der Waals surface area contributed by atoms with Crippen LogP contribution in [0.15, 0.2) is 54.7 Å². The molecular weight excluding hydrogens is 356 g/mol. The van der Waals surface area contributed by atoms with Crippen LogP contribution in [0.4, 0.5) is 0 Å². The highest BCUT2D eigenvalue weighted by Crippen LogP contribution is 2.24. The van der Waals surface area contributed by atoms with Crippen LogP contribution in [0, 0.1) is 0 Å². The van der Waals surface area contributed by atoms with E-state index in [2.05, 4.69) is 56.6 Å². The molecule has 0 aliphatic carbocycles. The quantitative estimate of drug-likeness (QED) is 0.615. The first-order valence-electron chi connectivity index (χ1n) is 9.75. The largest absolute Gasteiger partial charge is 0.343 e. The molecule has 4 nitrogen and oxygen atoms in total. The Balaban J connectivity index is 1.44. The van der Waals surface area contributed by atoms with E-state index in [-0.39, 0.29) is 0 Å². The second-order valence-electron chi connectivity index (χ2n) is 7.16. The zero-order valence-electron chi connectivity index (χ0n) is 15.6. The molecule has 142 valence electrons.